The van der Waals surface area contributed by atoms with Crippen molar-refractivity contribution in [3.05, 3.63) is 86.9 Å². The highest BCUT2D eigenvalue weighted by molar-refractivity contribution is 7.15. The van der Waals surface area contributed by atoms with E-state index in [1.807, 2.05) is 18.2 Å². The van der Waals surface area contributed by atoms with Crippen LogP contribution in [0.4, 0.5) is 5.13 Å². The van der Waals surface area contributed by atoms with Crippen molar-refractivity contribution < 1.29 is 4.79 Å². The minimum absolute atomic E-state index is 0.244. The van der Waals surface area contributed by atoms with E-state index in [9.17, 15) is 4.79 Å². The van der Waals surface area contributed by atoms with Gasteiger partial charge in [-0.3, -0.25) is 10.1 Å². The molecule has 3 nitrogen and oxygen atoms in total. The molecule has 3 rings (SSSR count). The molecule has 0 saturated heterocycles. The van der Waals surface area contributed by atoms with Gasteiger partial charge in [0.2, 0.25) is 5.91 Å². The van der Waals surface area contributed by atoms with E-state index in [1.54, 1.807) is 30.5 Å². The molecule has 0 atom stereocenters. The van der Waals surface area contributed by atoms with Crippen molar-refractivity contribution in [2.24, 2.45) is 0 Å². The minimum atomic E-state index is -0.244. The topological polar surface area (TPSA) is 42.0 Å². The molecule has 126 valence electrons. The molecule has 0 aliphatic rings. The number of carbonyl (C=O) groups excluding carboxylic acids is 1. The third kappa shape index (κ3) is 5.16. The molecule has 1 N–H and O–H groups in total. The van der Waals surface area contributed by atoms with E-state index in [4.69, 9.17) is 23.2 Å². The highest BCUT2D eigenvalue weighted by atomic mass is 35.5. The summed E-state index contributed by atoms with van der Waals surface area (Å²) in [5, 5.41) is 4.28. The zero-order chi connectivity index (χ0) is 17.6. The van der Waals surface area contributed by atoms with Gasteiger partial charge in [-0.1, -0.05) is 59.6 Å². The fourth-order valence-corrected chi connectivity index (χ4v) is 3.34. The Morgan fingerprint density at radius 1 is 1.12 bits per heavy atom. The number of hydrogen-bond acceptors (Lipinski definition) is 3. The smallest absolute Gasteiger partial charge is 0.250 e. The van der Waals surface area contributed by atoms with Crippen LogP contribution in [0.15, 0.2) is 60.8 Å². The number of thiazole rings is 1. The SMILES string of the molecule is O=C(/C=C/c1ccc(Cl)c(Cl)c1)Nc1ncc(Cc2ccccc2)s1. The van der Waals surface area contributed by atoms with Gasteiger partial charge in [0.15, 0.2) is 5.13 Å². The Labute approximate surface area is 159 Å². The molecule has 0 bridgehead atoms. The van der Waals surface area contributed by atoms with E-state index in [0.29, 0.717) is 15.2 Å². The van der Waals surface area contributed by atoms with Gasteiger partial charge < -0.3 is 0 Å². The van der Waals surface area contributed by atoms with Gasteiger partial charge in [0.25, 0.3) is 0 Å². The monoisotopic (exact) mass is 388 g/mol. The average Bonchev–Trinajstić information content (AvgIpc) is 3.03. The van der Waals surface area contributed by atoms with Gasteiger partial charge in [-0.15, -0.1) is 11.3 Å². The number of carbonyl (C=O) groups is 1. The molecule has 0 aliphatic carbocycles. The first-order chi connectivity index (χ1) is 12.1. The van der Waals surface area contributed by atoms with Crippen molar-refractivity contribution in [1.29, 1.82) is 0 Å². The summed E-state index contributed by atoms with van der Waals surface area (Å²) in [5.41, 5.74) is 2.01. The van der Waals surface area contributed by atoms with Crippen LogP contribution in [0.1, 0.15) is 16.0 Å². The Kier molecular flexibility index (Phi) is 5.87. The normalized spacial score (nSPS) is 11.0. The summed E-state index contributed by atoms with van der Waals surface area (Å²) in [6, 6.07) is 15.3. The second kappa shape index (κ2) is 8.30. The van der Waals surface area contributed by atoms with Crippen molar-refractivity contribution in [3.63, 3.8) is 0 Å². The van der Waals surface area contributed by atoms with E-state index in [0.717, 1.165) is 16.9 Å². The van der Waals surface area contributed by atoms with Crippen LogP contribution in [0.2, 0.25) is 10.0 Å². The van der Waals surface area contributed by atoms with Crippen LogP contribution in [0, 0.1) is 0 Å². The summed E-state index contributed by atoms with van der Waals surface area (Å²) in [7, 11) is 0. The van der Waals surface area contributed by atoms with E-state index in [1.165, 1.54) is 23.0 Å². The van der Waals surface area contributed by atoms with Gasteiger partial charge in [0.05, 0.1) is 10.0 Å². The maximum atomic E-state index is 12.0. The van der Waals surface area contributed by atoms with Crippen molar-refractivity contribution in [3.8, 4) is 0 Å². The number of halogens is 2. The molecular formula is C19H14Cl2N2OS. The summed E-state index contributed by atoms with van der Waals surface area (Å²) >= 11 is 13.3. The Balaban J connectivity index is 1.59. The van der Waals surface area contributed by atoms with Crippen molar-refractivity contribution >= 4 is 51.7 Å². The average molecular weight is 389 g/mol. The lowest BCUT2D eigenvalue weighted by molar-refractivity contribution is -0.111. The quantitative estimate of drug-likeness (QED) is 0.570. The van der Waals surface area contributed by atoms with Gasteiger partial charge in [-0.2, -0.15) is 0 Å². The molecule has 6 heteroatoms. The summed E-state index contributed by atoms with van der Waals surface area (Å²) in [6.07, 6.45) is 5.71. The predicted octanol–water partition coefficient (Wildman–Crippen LogP) is 5.69. The Hall–Kier alpha value is -2.14. The van der Waals surface area contributed by atoms with Crippen LogP contribution in [0.25, 0.3) is 6.08 Å². The van der Waals surface area contributed by atoms with Crippen LogP contribution < -0.4 is 5.32 Å². The molecule has 0 spiro atoms. The number of hydrogen-bond donors (Lipinski definition) is 1. The van der Waals surface area contributed by atoms with Crippen molar-refractivity contribution in [1.82, 2.24) is 4.98 Å². The molecule has 3 aromatic rings. The number of benzene rings is 2. The number of nitrogens with zero attached hydrogens (tertiary/aromatic N) is 1. The zero-order valence-electron chi connectivity index (χ0n) is 13.1. The van der Waals surface area contributed by atoms with Gasteiger partial charge in [0, 0.05) is 23.6 Å². The molecule has 0 fully saturated rings. The van der Waals surface area contributed by atoms with Gasteiger partial charge >= 0.3 is 0 Å². The number of aromatic nitrogens is 1. The predicted molar refractivity (Wildman–Crippen MR) is 105 cm³/mol. The second-order valence-corrected chi connectivity index (χ2v) is 7.22. The van der Waals surface area contributed by atoms with Crippen LogP contribution in [0.5, 0.6) is 0 Å². The standard InChI is InChI=1S/C19H14Cl2N2OS/c20-16-8-6-14(11-17(16)21)7-9-18(24)23-19-22-12-15(25-19)10-13-4-2-1-3-5-13/h1-9,11-12H,10H2,(H,22,23,24)/b9-7+. The van der Waals surface area contributed by atoms with Gasteiger partial charge in [-0.05, 0) is 29.3 Å². The second-order valence-electron chi connectivity index (χ2n) is 5.29. The molecule has 2 aromatic carbocycles. The highest BCUT2D eigenvalue weighted by Crippen LogP contribution is 2.23. The maximum Gasteiger partial charge on any atom is 0.250 e. The van der Waals surface area contributed by atoms with Crippen molar-refractivity contribution in [2.45, 2.75) is 6.42 Å². The Morgan fingerprint density at radius 3 is 2.68 bits per heavy atom. The van der Waals surface area contributed by atoms with Crippen LogP contribution in [-0.4, -0.2) is 10.9 Å². The molecule has 1 aromatic heterocycles. The lowest BCUT2D eigenvalue weighted by Crippen LogP contribution is -2.07. The minimum Gasteiger partial charge on any atom is -0.298 e. The summed E-state index contributed by atoms with van der Waals surface area (Å²) in [5.74, 6) is -0.244. The highest BCUT2D eigenvalue weighted by Gasteiger charge is 2.05. The molecule has 0 aliphatic heterocycles. The van der Waals surface area contributed by atoms with Crippen LogP contribution in [0.3, 0.4) is 0 Å². The lowest BCUT2D eigenvalue weighted by Gasteiger charge is -1.98. The van der Waals surface area contributed by atoms with E-state index >= 15 is 0 Å². The molecular weight excluding hydrogens is 375 g/mol. The van der Waals surface area contributed by atoms with E-state index < -0.39 is 0 Å². The van der Waals surface area contributed by atoms with Gasteiger partial charge in [-0.25, -0.2) is 4.98 Å². The van der Waals surface area contributed by atoms with Crippen molar-refractivity contribution in [2.75, 3.05) is 5.32 Å². The molecule has 25 heavy (non-hydrogen) atoms. The van der Waals surface area contributed by atoms with E-state index in [-0.39, 0.29) is 5.91 Å². The molecule has 0 unspecified atom stereocenters. The maximum absolute atomic E-state index is 12.0. The number of anilines is 1. The fraction of sp³-hybridized carbons (Fsp3) is 0.0526. The van der Waals surface area contributed by atoms with Gasteiger partial charge in [0.1, 0.15) is 0 Å². The molecule has 1 amide bonds. The lowest BCUT2D eigenvalue weighted by atomic mass is 10.1. The Bertz CT molecular complexity index is 907. The van der Waals surface area contributed by atoms with Crippen LogP contribution in [-0.2, 0) is 11.2 Å². The number of nitrogens with one attached hydrogen (secondary N) is 1. The largest absolute Gasteiger partial charge is 0.298 e. The first kappa shape index (κ1) is 17.7. The summed E-state index contributed by atoms with van der Waals surface area (Å²) in [4.78, 5) is 17.4. The summed E-state index contributed by atoms with van der Waals surface area (Å²) < 4.78 is 0. The molecule has 1 heterocycles. The third-order valence-electron chi connectivity index (χ3n) is 3.38. The summed E-state index contributed by atoms with van der Waals surface area (Å²) in [6.45, 7) is 0. The third-order valence-corrected chi connectivity index (χ3v) is 5.03. The number of amides is 1. The van der Waals surface area contributed by atoms with Crippen LogP contribution >= 0.6 is 34.5 Å². The molecule has 0 radical (unpaired) electrons. The first-order valence-corrected chi connectivity index (χ1v) is 9.10. The van der Waals surface area contributed by atoms with E-state index in [2.05, 4.69) is 22.4 Å². The number of rotatable bonds is 5. The first-order valence-electron chi connectivity index (χ1n) is 7.53. The zero-order valence-corrected chi connectivity index (χ0v) is 15.4. The fourth-order valence-electron chi connectivity index (χ4n) is 2.18. The Morgan fingerprint density at radius 2 is 1.92 bits per heavy atom. The molecule has 0 saturated carbocycles.